The van der Waals surface area contributed by atoms with Crippen LogP contribution >= 0.6 is 0 Å². The molecule has 1 amide bonds. The minimum atomic E-state index is -0.387. The van der Waals surface area contributed by atoms with Crippen LogP contribution in [0.15, 0.2) is 41.2 Å². The Morgan fingerprint density at radius 3 is 2.67 bits per heavy atom. The second kappa shape index (κ2) is 5.86. The fourth-order valence-corrected chi connectivity index (χ4v) is 4.17. The molecule has 1 saturated carbocycles. The third-order valence-corrected chi connectivity index (χ3v) is 5.33. The minimum absolute atomic E-state index is 0.387. The molecule has 0 saturated heterocycles. The lowest BCUT2D eigenvalue weighted by molar-refractivity contribution is 0.100. The number of aromatic nitrogens is 1. The largest absolute Gasteiger partial charge is 0.472 e. The first kappa shape index (κ1) is 15.1. The first-order valence-corrected chi connectivity index (χ1v) is 8.61. The standard InChI is InChI=1S/C20H22N2O2/c1-22-17-11-14(20(21)23)7-8-16(17)18(13-5-3-2-4-6-13)19(22)15-9-10-24-12-15/h7-13H,2-6H2,1H3,(H2,21,23). The quantitative estimate of drug-likeness (QED) is 0.767. The molecule has 1 aromatic carbocycles. The predicted molar refractivity (Wildman–Crippen MR) is 95.0 cm³/mol. The second-order valence-electron chi connectivity index (χ2n) is 6.76. The molecule has 24 heavy (non-hydrogen) atoms. The number of primary amides is 1. The Balaban J connectivity index is 1.99. The number of rotatable bonds is 3. The summed E-state index contributed by atoms with van der Waals surface area (Å²) in [7, 11) is 2.06. The van der Waals surface area contributed by atoms with Crippen LogP contribution in [0.5, 0.6) is 0 Å². The van der Waals surface area contributed by atoms with E-state index in [1.807, 2.05) is 18.2 Å². The van der Waals surface area contributed by atoms with Gasteiger partial charge in [-0.3, -0.25) is 4.79 Å². The molecule has 4 rings (SSSR count). The van der Waals surface area contributed by atoms with Gasteiger partial charge in [0.2, 0.25) is 5.91 Å². The summed E-state index contributed by atoms with van der Waals surface area (Å²) in [5, 5.41) is 1.23. The van der Waals surface area contributed by atoms with Crippen molar-refractivity contribution in [2.24, 2.45) is 12.8 Å². The molecule has 4 heteroatoms. The molecule has 0 bridgehead atoms. The van der Waals surface area contributed by atoms with Gasteiger partial charge in [-0.1, -0.05) is 25.3 Å². The van der Waals surface area contributed by atoms with Gasteiger partial charge in [-0.05, 0) is 42.5 Å². The van der Waals surface area contributed by atoms with Crippen molar-refractivity contribution in [2.75, 3.05) is 0 Å². The zero-order chi connectivity index (χ0) is 16.7. The van der Waals surface area contributed by atoms with E-state index >= 15 is 0 Å². The van der Waals surface area contributed by atoms with Crippen LogP contribution in [0.1, 0.15) is 53.9 Å². The Morgan fingerprint density at radius 1 is 1.21 bits per heavy atom. The van der Waals surface area contributed by atoms with Gasteiger partial charge < -0.3 is 14.7 Å². The average Bonchev–Trinajstić information content (AvgIpc) is 3.22. The summed E-state index contributed by atoms with van der Waals surface area (Å²) in [6.45, 7) is 0. The number of benzene rings is 1. The van der Waals surface area contributed by atoms with E-state index in [4.69, 9.17) is 10.2 Å². The lowest BCUT2D eigenvalue weighted by Crippen LogP contribution is -2.10. The van der Waals surface area contributed by atoms with Crippen molar-refractivity contribution in [1.82, 2.24) is 4.57 Å². The Morgan fingerprint density at radius 2 is 2.00 bits per heavy atom. The smallest absolute Gasteiger partial charge is 0.248 e. The molecule has 124 valence electrons. The van der Waals surface area contributed by atoms with Gasteiger partial charge in [-0.25, -0.2) is 0 Å². The third kappa shape index (κ3) is 2.33. The number of carbonyl (C=O) groups is 1. The zero-order valence-corrected chi connectivity index (χ0v) is 13.9. The van der Waals surface area contributed by atoms with Crippen LogP contribution in [0.2, 0.25) is 0 Å². The van der Waals surface area contributed by atoms with Crippen LogP contribution in [0, 0.1) is 0 Å². The number of amides is 1. The molecule has 0 atom stereocenters. The summed E-state index contributed by atoms with van der Waals surface area (Å²) >= 11 is 0. The van der Waals surface area contributed by atoms with Gasteiger partial charge in [-0.15, -0.1) is 0 Å². The summed E-state index contributed by atoms with van der Waals surface area (Å²) in [4.78, 5) is 11.6. The number of nitrogens with zero attached hydrogens (tertiary/aromatic N) is 1. The van der Waals surface area contributed by atoms with Crippen LogP contribution in [0.25, 0.3) is 22.2 Å². The fourth-order valence-electron chi connectivity index (χ4n) is 4.17. The van der Waals surface area contributed by atoms with Gasteiger partial charge in [-0.2, -0.15) is 0 Å². The molecule has 3 aromatic rings. The van der Waals surface area contributed by atoms with Crippen molar-refractivity contribution in [3.8, 4) is 11.3 Å². The monoisotopic (exact) mass is 322 g/mol. The van der Waals surface area contributed by atoms with Gasteiger partial charge >= 0.3 is 0 Å². The Kier molecular flexibility index (Phi) is 3.68. The van der Waals surface area contributed by atoms with E-state index in [0.29, 0.717) is 11.5 Å². The highest BCUT2D eigenvalue weighted by atomic mass is 16.3. The number of fused-ring (bicyclic) bond motifs is 1. The highest BCUT2D eigenvalue weighted by molar-refractivity contribution is 6.00. The second-order valence-corrected chi connectivity index (χ2v) is 6.76. The molecule has 1 aliphatic carbocycles. The molecular formula is C20H22N2O2. The van der Waals surface area contributed by atoms with E-state index in [1.54, 1.807) is 12.5 Å². The first-order valence-electron chi connectivity index (χ1n) is 8.61. The van der Waals surface area contributed by atoms with Crippen molar-refractivity contribution in [2.45, 2.75) is 38.0 Å². The zero-order valence-electron chi connectivity index (χ0n) is 13.9. The molecule has 2 N–H and O–H groups in total. The summed E-state index contributed by atoms with van der Waals surface area (Å²) in [5.74, 6) is 0.175. The van der Waals surface area contributed by atoms with E-state index in [9.17, 15) is 4.79 Å². The normalized spacial score (nSPS) is 15.9. The van der Waals surface area contributed by atoms with E-state index in [1.165, 1.54) is 48.7 Å². The number of hydrogen-bond acceptors (Lipinski definition) is 2. The Bertz CT molecular complexity index is 884. The van der Waals surface area contributed by atoms with E-state index in [-0.39, 0.29) is 5.91 Å². The third-order valence-electron chi connectivity index (χ3n) is 5.33. The number of furan rings is 1. The molecule has 0 spiro atoms. The van der Waals surface area contributed by atoms with Crippen LogP contribution in [0.3, 0.4) is 0 Å². The SMILES string of the molecule is Cn1c(-c2ccoc2)c(C2CCCCC2)c2ccc(C(N)=O)cc21. The average molecular weight is 322 g/mol. The lowest BCUT2D eigenvalue weighted by Gasteiger charge is -2.23. The molecule has 2 aromatic heterocycles. The number of aryl methyl sites for hydroxylation is 1. The highest BCUT2D eigenvalue weighted by Crippen LogP contribution is 2.43. The maximum Gasteiger partial charge on any atom is 0.248 e. The van der Waals surface area contributed by atoms with Gasteiger partial charge in [0.1, 0.15) is 0 Å². The van der Waals surface area contributed by atoms with E-state index < -0.39 is 0 Å². The minimum Gasteiger partial charge on any atom is -0.472 e. The van der Waals surface area contributed by atoms with Gasteiger partial charge in [0.25, 0.3) is 0 Å². The van der Waals surface area contributed by atoms with Crippen LogP contribution in [-0.4, -0.2) is 10.5 Å². The van der Waals surface area contributed by atoms with E-state index in [0.717, 1.165) is 11.1 Å². The van der Waals surface area contributed by atoms with Crippen molar-refractivity contribution >= 4 is 16.8 Å². The highest BCUT2D eigenvalue weighted by Gasteiger charge is 2.26. The maximum atomic E-state index is 11.6. The van der Waals surface area contributed by atoms with Crippen molar-refractivity contribution in [3.05, 3.63) is 47.9 Å². The van der Waals surface area contributed by atoms with Gasteiger partial charge in [0, 0.05) is 29.1 Å². The molecule has 4 nitrogen and oxygen atoms in total. The molecule has 0 unspecified atom stereocenters. The fraction of sp³-hybridized carbons (Fsp3) is 0.350. The van der Waals surface area contributed by atoms with Crippen LogP contribution < -0.4 is 5.73 Å². The van der Waals surface area contributed by atoms with Crippen molar-refractivity contribution in [1.29, 1.82) is 0 Å². The molecular weight excluding hydrogens is 300 g/mol. The van der Waals surface area contributed by atoms with Gasteiger partial charge in [0.05, 0.1) is 18.2 Å². The summed E-state index contributed by atoms with van der Waals surface area (Å²) in [5.41, 5.74) is 10.8. The van der Waals surface area contributed by atoms with Crippen LogP contribution in [0.4, 0.5) is 0 Å². The van der Waals surface area contributed by atoms with Crippen LogP contribution in [-0.2, 0) is 7.05 Å². The van der Waals surface area contributed by atoms with Crippen molar-refractivity contribution < 1.29 is 9.21 Å². The lowest BCUT2D eigenvalue weighted by atomic mass is 9.82. The first-order chi connectivity index (χ1) is 11.7. The number of hydrogen-bond donors (Lipinski definition) is 1. The van der Waals surface area contributed by atoms with Gasteiger partial charge in [0.15, 0.2) is 0 Å². The summed E-state index contributed by atoms with van der Waals surface area (Å²) < 4.78 is 7.51. The molecule has 1 fully saturated rings. The maximum absolute atomic E-state index is 11.6. The predicted octanol–water partition coefficient (Wildman–Crippen LogP) is 4.58. The molecule has 0 aliphatic heterocycles. The summed E-state index contributed by atoms with van der Waals surface area (Å²) in [6, 6.07) is 7.82. The number of nitrogens with two attached hydrogens (primary N) is 1. The topological polar surface area (TPSA) is 61.2 Å². The van der Waals surface area contributed by atoms with E-state index in [2.05, 4.69) is 17.7 Å². The number of carbonyl (C=O) groups excluding carboxylic acids is 1. The Labute approximate surface area is 141 Å². The van der Waals surface area contributed by atoms with Crippen molar-refractivity contribution in [3.63, 3.8) is 0 Å². The summed E-state index contributed by atoms with van der Waals surface area (Å²) in [6.07, 6.45) is 9.86. The Hall–Kier alpha value is -2.49. The molecule has 2 heterocycles. The molecule has 0 radical (unpaired) electrons. The molecule has 1 aliphatic rings.